The number of anilines is 2. The van der Waals surface area contributed by atoms with Gasteiger partial charge in [0.2, 0.25) is 15.3 Å². The first kappa shape index (κ1) is 26.1. The minimum Gasteiger partial charge on any atom is -0.361 e. The lowest BCUT2D eigenvalue weighted by Crippen LogP contribution is -2.23. The zero-order chi connectivity index (χ0) is 25.1. The number of hydrogen-bond acceptors (Lipinski definition) is 7. The van der Waals surface area contributed by atoms with Crippen molar-refractivity contribution in [2.24, 2.45) is 0 Å². The number of nitriles is 1. The summed E-state index contributed by atoms with van der Waals surface area (Å²) in [6, 6.07) is 9.74. The first-order valence-electron chi connectivity index (χ1n) is 10.7. The number of sulfonamides is 1. The molecular formula is C22H29ClN6O3SSi. The van der Waals surface area contributed by atoms with Crippen molar-refractivity contribution in [3.05, 3.63) is 41.3 Å². The fourth-order valence-corrected chi connectivity index (χ4v) is 5.27. The van der Waals surface area contributed by atoms with Gasteiger partial charge in [-0.2, -0.15) is 15.2 Å². The lowest BCUT2D eigenvalue weighted by Gasteiger charge is -2.17. The molecule has 0 atom stereocenters. The van der Waals surface area contributed by atoms with Crippen molar-refractivity contribution in [1.82, 2.24) is 18.8 Å². The first-order valence-corrected chi connectivity index (χ1v) is 16.2. The summed E-state index contributed by atoms with van der Waals surface area (Å²) in [7, 11) is -2.00. The molecule has 182 valence electrons. The molecule has 3 rings (SSSR count). The molecule has 2 aromatic heterocycles. The van der Waals surface area contributed by atoms with E-state index >= 15 is 0 Å². The molecule has 2 heterocycles. The highest BCUT2D eigenvalue weighted by molar-refractivity contribution is 7.89. The largest absolute Gasteiger partial charge is 0.361 e. The Balaban J connectivity index is 2.05. The monoisotopic (exact) mass is 520 g/mol. The van der Waals surface area contributed by atoms with Gasteiger partial charge in [0, 0.05) is 35.0 Å². The van der Waals surface area contributed by atoms with E-state index in [-0.39, 0.29) is 23.3 Å². The SMILES string of the molecule is CN(C)S(=O)(=O)c1ccccc1Nc1nc(Cl)nc2c1c(CC#N)cn2COCC[Si](C)(C)C. The smallest absolute Gasteiger partial charge is 0.244 e. The van der Waals surface area contributed by atoms with Crippen LogP contribution in [0, 0.1) is 11.3 Å². The molecule has 1 aromatic carbocycles. The maximum atomic E-state index is 12.8. The van der Waals surface area contributed by atoms with Crippen molar-refractivity contribution in [3.63, 3.8) is 0 Å². The molecule has 0 amide bonds. The topological polar surface area (TPSA) is 113 Å². The average molecular weight is 521 g/mol. The highest BCUT2D eigenvalue weighted by Crippen LogP contribution is 2.33. The number of para-hydroxylation sites is 1. The van der Waals surface area contributed by atoms with Gasteiger partial charge >= 0.3 is 0 Å². The van der Waals surface area contributed by atoms with Crippen molar-refractivity contribution in [3.8, 4) is 6.07 Å². The summed E-state index contributed by atoms with van der Waals surface area (Å²) >= 11 is 6.25. The summed E-state index contributed by atoms with van der Waals surface area (Å²) in [6.07, 6.45) is 1.93. The summed E-state index contributed by atoms with van der Waals surface area (Å²) in [5.41, 5.74) is 1.54. The molecule has 0 fully saturated rings. The molecule has 0 saturated heterocycles. The number of aromatic nitrogens is 3. The van der Waals surface area contributed by atoms with Gasteiger partial charge in [-0.3, -0.25) is 0 Å². The maximum Gasteiger partial charge on any atom is 0.244 e. The van der Waals surface area contributed by atoms with Gasteiger partial charge in [0.05, 0.1) is 23.6 Å². The Labute approximate surface area is 206 Å². The van der Waals surface area contributed by atoms with Crippen molar-refractivity contribution in [1.29, 1.82) is 5.26 Å². The molecule has 12 heteroatoms. The predicted molar refractivity (Wildman–Crippen MR) is 137 cm³/mol. The summed E-state index contributed by atoms with van der Waals surface area (Å²) in [6.45, 7) is 7.73. The molecular weight excluding hydrogens is 492 g/mol. The number of ether oxygens (including phenoxy) is 1. The van der Waals surface area contributed by atoms with Gasteiger partial charge in [0.25, 0.3) is 0 Å². The fraction of sp³-hybridized carbons (Fsp3) is 0.409. The Bertz CT molecular complexity index is 1330. The minimum atomic E-state index is -3.71. The molecule has 34 heavy (non-hydrogen) atoms. The number of nitrogens with one attached hydrogen (secondary N) is 1. The second-order valence-electron chi connectivity index (χ2n) is 9.26. The Morgan fingerprint density at radius 1 is 1.24 bits per heavy atom. The maximum absolute atomic E-state index is 12.8. The van der Waals surface area contributed by atoms with Crippen LogP contribution < -0.4 is 5.32 Å². The van der Waals surface area contributed by atoms with E-state index in [0.717, 1.165) is 10.3 Å². The Morgan fingerprint density at radius 3 is 2.59 bits per heavy atom. The van der Waals surface area contributed by atoms with Gasteiger partial charge in [-0.25, -0.2) is 12.7 Å². The Hall–Kier alpha value is -2.49. The highest BCUT2D eigenvalue weighted by Gasteiger charge is 2.23. The standard InChI is InChI=1S/C22H29ClN6O3SSi/c1-28(2)33(30,31)18-9-7-6-8-17(18)25-20-19-16(10-11-24)14-29(21(19)27-22(23)26-20)15-32-12-13-34(3,4)5/h6-9,14H,10,12-13,15H2,1-5H3,(H,25,26,27). The van der Waals surface area contributed by atoms with Crippen molar-refractivity contribution in [2.75, 3.05) is 26.0 Å². The van der Waals surface area contributed by atoms with Crippen LogP contribution >= 0.6 is 11.6 Å². The van der Waals surface area contributed by atoms with Crippen LogP contribution in [0.3, 0.4) is 0 Å². The van der Waals surface area contributed by atoms with Crippen LogP contribution in [0.15, 0.2) is 35.4 Å². The van der Waals surface area contributed by atoms with Crippen molar-refractivity contribution in [2.45, 2.75) is 43.7 Å². The minimum absolute atomic E-state index is 0.00657. The predicted octanol–water partition coefficient (Wildman–Crippen LogP) is 4.46. The van der Waals surface area contributed by atoms with E-state index in [4.69, 9.17) is 16.3 Å². The third kappa shape index (κ3) is 5.95. The number of benzene rings is 1. The van der Waals surface area contributed by atoms with Crippen LogP contribution in [0.4, 0.5) is 11.5 Å². The molecule has 0 spiro atoms. The molecule has 0 aliphatic heterocycles. The van der Waals surface area contributed by atoms with E-state index in [1.165, 1.54) is 20.2 Å². The van der Waals surface area contributed by atoms with Crippen LogP contribution in [-0.4, -0.2) is 56.0 Å². The van der Waals surface area contributed by atoms with Crippen LogP contribution in [0.2, 0.25) is 31.0 Å². The molecule has 0 saturated carbocycles. The van der Waals surface area contributed by atoms with Gasteiger partial charge in [-0.05, 0) is 35.3 Å². The zero-order valence-corrected chi connectivity index (χ0v) is 22.5. The van der Waals surface area contributed by atoms with E-state index in [1.807, 2.05) is 0 Å². The molecule has 3 aromatic rings. The van der Waals surface area contributed by atoms with Crippen molar-refractivity contribution >= 4 is 52.2 Å². The second kappa shape index (κ2) is 10.4. The van der Waals surface area contributed by atoms with Crippen LogP contribution in [-0.2, 0) is 27.9 Å². The molecule has 0 radical (unpaired) electrons. The second-order valence-corrected chi connectivity index (χ2v) is 17.3. The number of halogens is 1. The zero-order valence-electron chi connectivity index (χ0n) is 20.0. The quantitative estimate of drug-likeness (QED) is 0.238. The molecule has 0 bridgehead atoms. The lowest BCUT2D eigenvalue weighted by molar-refractivity contribution is 0.0898. The molecule has 9 nitrogen and oxygen atoms in total. The third-order valence-corrected chi connectivity index (χ3v) is 8.91. The summed E-state index contributed by atoms with van der Waals surface area (Å²) in [5.74, 6) is 0.322. The van der Waals surface area contributed by atoms with Gasteiger partial charge in [0.15, 0.2) is 0 Å². The van der Waals surface area contributed by atoms with Gasteiger partial charge in [-0.1, -0.05) is 31.8 Å². The molecule has 1 N–H and O–H groups in total. The third-order valence-electron chi connectivity index (χ3n) is 5.16. The van der Waals surface area contributed by atoms with Gasteiger partial charge < -0.3 is 14.6 Å². The summed E-state index contributed by atoms with van der Waals surface area (Å²) in [4.78, 5) is 8.80. The fourth-order valence-electron chi connectivity index (χ4n) is 3.31. The summed E-state index contributed by atoms with van der Waals surface area (Å²) in [5, 5.41) is 13.1. The van der Waals surface area contributed by atoms with Crippen molar-refractivity contribution < 1.29 is 13.2 Å². The number of fused-ring (bicyclic) bond motifs is 1. The Morgan fingerprint density at radius 2 is 1.94 bits per heavy atom. The number of hydrogen-bond donors (Lipinski definition) is 1. The van der Waals surface area contributed by atoms with Gasteiger partial charge in [-0.15, -0.1) is 0 Å². The summed E-state index contributed by atoms with van der Waals surface area (Å²) < 4.78 is 34.5. The van der Waals surface area contributed by atoms with E-state index in [2.05, 4.69) is 41.0 Å². The first-order chi connectivity index (χ1) is 15.9. The average Bonchev–Trinajstić information content (AvgIpc) is 3.08. The molecule has 0 unspecified atom stereocenters. The van der Waals surface area contributed by atoms with Crippen LogP contribution in [0.25, 0.3) is 11.0 Å². The van der Waals surface area contributed by atoms with E-state index in [0.29, 0.717) is 34.7 Å². The van der Waals surface area contributed by atoms with Gasteiger partial charge in [0.1, 0.15) is 23.1 Å². The van der Waals surface area contributed by atoms with Crippen LogP contribution in [0.1, 0.15) is 5.56 Å². The molecule has 0 aliphatic carbocycles. The number of rotatable bonds is 10. The van der Waals surface area contributed by atoms with E-state index in [9.17, 15) is 13.7 Å². The number of nitrogens with zero attached hydrogens (tertiary/aromatic N) is 5. The van der Waals surface area contributed by atoms with E-state index < -0.39 is 18.1 Å². The molecule has 0 aliphatic rings. The lowest BCUT2D eigenvalue weighted by atomic mass is 10.2. The highest BCUT2D eigenvalue weighted by atomic mass is 35.5. The van der Waals surface area contributed by atoms with E-state index in [1.54, 1.807) is 29.0 Å². The Kier molecular flexibility index (Phi) is 8.00. The normalized spacial score (nSPS) is 12.3. The van der Waals surface area contributed by atoms with Crippen LogP contribution in [0.5, 0.6) is 0 Å².